The fourth-order valence-corrected chi connectivity index (χ4v) is 2.18. The minimum absolute atomic E-state index is 0.568. The van der Waals surface area contributed by atoms with Gasteiger partial charge < -0.3 is 5.32 Å². The van der Waals surface area contributed by atoms with Crippen molar-refractivity contribution in [1.82, 2.24) is 5.32 Å². The van der Waals surface area contributed by atoms with Crippen LogP contribution in [-0.4, -0.2) is 13.1 Å². The molecule has 1 atom stereocenters. The minimum Gasteiger partial charge on any atom is -0.316 e. The molecule has 0 bridgehead atoms. The highest BCUT2D eigenvalue weighted by Crippen LogP contribution is 2.25. The van der Waals surface area contributed by atoms with Crippen LogP contribution in [0.4, 0.5) is 0 Å². The number of nitrogens with one attached hydrogen (secondary N) is 1. The SMILES string of the molecule is CCNCC(CC(C)C)c1cccc(Cl)c1. The van der Waals surface area contributed by atoms with Gasteiger partial charge in [-0.3, -0.25) is 0 Å². The average molecular weight is 240 g/mol. The molecule has 90 valence electrons. The van der Waals surface area contributed by atoms with Crippen LogP contribution in [0.3, 0.4) is 0 Å². The molecule has 1 rings (SSSR count). The van der Waals surface area contributed by atoms with Crippen LogP contribution < -0.4 is 5.32 Å². The maximum Gasteiger partial charge on any atom is 0.0408 e. The smallest absolute Gasteiger partial charge is 0.0408 e. The number of halogens is 1. The van der Waals surface area contributed by atoms with E-state index in [-0.39, 0.29) is 0 Å². The van der Waals surface area contributed by atoms with Crippen molar-refractivity contribution in [2.45, 2.75) is 33.1 Å². The van der Waals surface area contributed by atoms with Gasteiger partial charge in [0.05, 0.1) is 0 Å². The maximum absolute atomic E-state index is 6.04. The molecule has 1 unspecified atom stereocenters. The van der Waals surface area contributed by atoms with Gasteiger partial charge in [0.25, 0.3) is 0 Å². The van der Waals surface area contributed by atoms with Gasteiger partial charge in [-0.1, -0.05) is 44.5 Å². The lowest BCUT2D eigenvalue weighted by Gasteiger charge is -2.20. The van der Waals surface area contributed by atoms with E-state index in [1.165, 1.54) is 12.0 Å². The second-order valence-electron chi connectivity index (χ2n) is 4.69. The topological polar surface area (TPSA) is 12.0 Å². The summed E-state index contributed by atoms with van der Waals surface area (Å²) >= 11 is 6.04. The Balaban J connectivity index is 2.74. The largest absolute Gasteiger partial charge is 0.316 e. The summed E-state index contributed by atoms with van der Waals surface area (Å²) in [6, 6.07) is 8.24. The van der Waals surface area contributed by atoms with E-state index in [0.717, 1.165) is 18.1 Å². The van der Waals surface area contributed by atoms with Crippen LogP contribution in [0.1, 0.15) is 38.7 Å². The molecule has 1 nitrogen and oxygen atoms in total. The summed E-state index contributed by atoms with van der Waals surface area (Å²) in [5.74, 6) is 1.28. The van der Waals surface area contributed by atoms with Gasteiger partial charge in [-0.2, -0.15) is 0 Å². The second kappa shape index (κ2) is 6.93. The summed E-state index contributed by atoms with van der Waals surface area (Å²) in [6.07, 6.45) is 1.20. The maximum atomic E-state index is 6.04. The molecule has 0 fully saturated rings. The Morgan fingerprint density at radius 3 is 2.62 bits per heavy atom. The highest BCUT2D eigenvalue weighted by atomic mass is 35.5. The quantitative estimate of drug-likeness (QED) is 0.789. The van der Waals surface area contributed by atoms with E-state index in [0.29, 0.717) is 11.8 Å². The van der Waals surface area contributed by atoms with Crippen LogP contribution in [0.5, 0.6) is 0 Å². The zero-order valence-electron chi connectivity index (χ0n) is 10.5. The Morgan fingerprint density at radius 1 is 1.31 bits per heavy atom. The van der Waals surface area contributed by atoms with Crippen molar-refractivity contribution in [1.29, 1.82) is 0 Å². The molecule has 0 radical (unpaired) electrons. The predicted octanol–water partition coefficient (Wildman–Crippen LogP) is 4.08. The van der Waals surface area contributed by atoms with Crippen molar-refractivity contribution in [3.63, 3.8) is 0 Å². The molecule has 1 N–H and O–H groups in total. The van der Waals surface area contributed by atoms with Gasteiger partial charge in [0.15, 0.2) is 0 Å². The third-order valence-electron chi connectivity index (χ3n) is 2.72. The van der Waals surface area contributed by atoms with Gasteiger partial charge in [0, 0.05) is 11.6 Å². The van der Waals surface area contributed by atoms with E-state index in [4.69, 9.17) is 11.6 Å². The summed E-state index contributed by atoms with van der Waals surface area (Å²) in [5.41, 5.74) is 1.35. The van der Waals surface area contributed by atoms with Gasteiger partial charge in [0.1, 0.15) is 0 Å². The first-order chi connectivity index (χ1) is 7.63. The second-order valence-corrected chi connectivity index (χ2v) is 5.13. The first-order valence-electron chi connectivity index (χ1n) is 6.09. The highest BCUT2D eigenvalue weighted by molar-refractivity contribution is 6.30. The molecule has 0 heterocycles. The lowest BCUT2D eigenvalue weighted by Crippen LogP contribution is -2.22. The van der Waals surface area contributed by atoms with Crippen LogP contribution in [0.25, 0.3) is 0 Å². The van der Waals surface area contributed by atoms with Crippen molar-refractivity contribution >= 4 is 11.6 Å². The van der Waals surface area contributed by atoms with Crippen molar-refractivity contribution in [3.8, 4) is 0 Å². The Morgan fingerprint density at radius 2 is 2.06 bits per heavy atom. The lowest BCUT2D eigenvalue weighted by molar-refractivity contribution is 0.475. The van der Waals surface area contributed by atoms with Crippen LogP contribution in [0.2, 0.25) is 5.02 Å². The predicted molar refractivity (Wildman–Crippen MR) is 72.2 cm³/mol. The molecule has 0 aliphatic carbocycles. The Bertz CT molecular complexity index is 309. The molecule has 0 saturated carbocycles. The van der Waals surface area contributed by atoms with E-state index in [2.05, 4.69) is 38.2 Å². The molecule has 0 spiro atoms. The Hall–Kier alpha value is -0.530. The number of hydrogen-bond donors (Lipinski definition) is 1. The standard InChI is InChI=1S/C14H22ClN/c1-4-16-10-13(8-11(2)3)12-6-5-7-14(15)9-12/h5-7,9,11,13,16H,4,8,10H2,1-3H3. The van der Waals surface area contributed by atoms with E-state index in [9.17, 15) is 0 Å². The minimum atomic E-state index is 0.568. The van der Waals surface area contributed by atoms with Crippen molar-refractivity contribution in [2.75, 3.05) is 13.1 Å². The van der Waals surface area contributed by atoms with Gasteiger partial charge in [0.2, 0.25) is 0 Å². The molecule has 0 aliphatic rings. The van der Waals surface area contributed by atoms with E-state index < -0.39 is 0 Å². The summed E-state index contributed by atoms with van der Waals surface area (Å²) in [6.45, 7) is 8.74. The normalized spacial score (nSPS) is 13.1. The molecule has 1 aromatic rings. The zero-order valence-corrected chi connectivity index (χ0v) is 11.2. The fraction of sp³-hybridized carbons (Fsp3) is 0.571. The first kappa shape index (κ1) is 13.5. The van der Waals surface area contributed by atoms with Crippen LogP contribution in [-0.2, 0) is 0 Å². The third kappa shape index (κ3) is 4.54. The van der Waals surface area contributed by atoms with E-state index >= 15 is 0 Å². The fourth-order valence-electron chi connectivity index (χ4n) is 1.99. The first-order valence-corrected chi connectivity index (χ1v) is 6.47. The summed E-state index contributed by atoms with van der Waals surface area (Å²) in [7, 11) is 0. The van der Waals surface area contributed by atoms with Crippen LogP contribution in [0.15, 0.2) is 24.3 Å². The Kier molecular flexibility index (Phi) is 5.86. The third-order valence-corrected chi connectivity index (χ3v) is 2.95. The van der Waals surface area contributed by atoms with Crippen molar-refractivity contribution < 1.29 is 0 Å². The van der Waals surface area contributed by atoms with Crippen LogP contribution >= 0.6 is 11.6 Å². The summed E-state index contributed by atoms with van der Waals surface area (Å²) in [5, 5.41) is 4.26. The van der Waals surface area contributed by atoms with Gasteiger partial charge in [-0.25, -0.2) is 0 Å². The number of rotatable bonds is 6. The van der Waals surface area contributed by atoms with Crippen molar-refractivity contribution in [3.05, 3.63) is 34.9 Å². The molecule has 1 aromatic carbocycles. The molecule has 16 heavy (non-hydrogen) atoms. The van der Waals surface area contributed by atoms with Crippen molar-refractivity contribution in [2.24, 2.45) is 5.92 Å². The lowest BCUT2D eigenvalue weighted by atomic mass is 9.90. The number of likely N-dealkylation sites (N-methyl/N-ethyl adjacent to an activating group) is 1. The summed E-state index contributed by atoms with van der Waals surface area (Å²) in [4.78, 5) is 0. The Labute approximate surface area is 104 Å². The molecule has 0 aromatic heterocycles. The summed E-state index contributed by atoms with van der Waals surface area (Å²) < 4.78 is 0. The van der Waals surface area contributed by atoms with E-state index in [1.807, 2.05) is 12.1 Å². The highest BCUT2D eigenvalue weighted by Gasteiger charge is 2.13. The molecule has 2 heteroatoms. The number of benzene rings is 1. The zero-order chi connectivity index (χ0) is 12.0. The molecule has 0 aliphatic heterocycles. The van der Waals surface area contributed by atoms with Crippen LogP contribution in [0, 0.1) is 5.92 Å². The van der Waals surface area contributed by atoms with Gasteiger partial charge >= 0.3 is 0 Å². The van der Waals surface area contributed by atoms with E-state index in [1.54, 1.807) is 0 Å². The monoisotopic (exact) mass is 239 g/mol. The number of hydrogen-bond acceptors (Lipinski definition) is 1. The average Bonchev–Trinajstić information content (AvgIpc) is 2.23. The van der Waals surface area contributed by atoms with Gasteiger partial charge in [-0.05, 0) is 42.5 Å². The molecular weight excluding hydrogens is 218 g/mol. The molecule has 0 saturated heterocycles. The molecule has 0 amide bonds. The van der Waals surface area contributed by atoms with Gasteiger partial charge in [-0.15, -0.1) is 0 Å². The molecular formula is C14H22ClN.